The van der Waals surface area contributed by atoms with Crippen LogP contribution in [0.4, 0.5) is 0 Å². The Hall–Kier alpha value is -0.0931. The van der Waals surface area contributed by atoms with E-state index in [0.717, 1.165) is 5.54 Å². The second kappa shape index (κ2) is 4.54. The fraction of sp³-hybridized carbons (Fsp3) is 0.385. The molecule has 1 aliphatic rings. The third kappa shape index (κ3) is 1.93. The van der Waals surface area contributed by atoms with E-state index in [4.69, 9.17) is 0 Å². The minimum Gasteiger partial charge on any atom is -0.147 e. The quantitative estimate of drug-likeness (QED) is 0.651. The lowest BCUT2D eigenvalue weighted by Gasteiger charge is -2.13. The molecule has 0 amide bonds. The maximum Gasteiger partial charge on any atom is 0.0465 e. The molecule has 0 spiro atoms. The average Bonchev–Trinajstić information content (AvgIpc) is 2.75. The Bertz CT molecular complexity index is 508. The van der Waals surface area contributed by atoms with E-state index in [1.807, 2.05) is 22.7 Å². The van der Waals surface area contributed by atoms with Crippen LogP contribution in [0.1, 0.15) is 25.0 Å². The van der Waals surface area contributed by atoms with Gasteiger partial charge >= 0.3 is 0 Å². The van der Waals surface area contributed by atoms with Gasteiger partial charge in [-0.15, -0.1) is 35.1 Å². The Labute approximate surface area is 119 Å². The summed E-state index contributed by atoms with van der Waals surface area (Å²) in [6.07, 6.45) is 0. The van der Waals surface area contributed by atoms with Gasteiger partial charge in [0, 0.05) is 33.8 Å². The predicted octanol–water partition coefficient (Wildman–Crippen LogP) is 4.99. The summed E-state index contributed by atoms with van der Waals surface area (Å²) in [5, 5.41) is 0. The summed E-state index contributed by atoms with van der Waals surface area (Å²) in [5.41, 5.74) is 3.89. The predicted molar refractivity (Wildman–Crippen MR) is 85.1 cm³/mol. The molecule has 17 heavy (non-hydrogen) atoms. The van der Waals surface area contributed by atoms with Crippen LogP contribution in [-0.4, -0.2) is 8.80 Å². The zero-order valence-corrected chi connectivity index (χ0v) is 14.1. The second-order valence-electron chi connectivity index (χ2n) is 4.99. The molecule has 0 fully saturated rings. The van der Waals surface area contributed by atoms with E-state index < -0.39 is 8.80 Å². The van der Waals surface area contributed by atoms with Gasteiger partial charge in [-0.25, -0.2) is 0 Å². The van der Waals surface area contributed by atoms with Crippen molar-refractivity contribution in [1.29, 1.82) is 0 Å². The maximum atomic E-state index is 2.48. The molecule has 1 aliphatic carbocycles. The minimum atomic E-state index is -0.650. The number of halogens is 1. The highest BCUT2D eigenvalue weighted by Crippen LogP contribution is 2.52. The van der Waals surface area contributed by atoms with Crippen LogP contribution in [0.25, 0.3) is 11.1 Å². The molecule has 0 radical (unpaired) electrons. The van der Waals surface area contributed by atoms with Gasteiger partial charge in [0.2, 0.25) is 0 Å². The highest BCUT2D eigenvalue weighted by molar-refractivity contribution is 7.15. The molecule has 4 heteroatoms. The van der Waals surface area contributed by atoms with Gasteiger partial charge in [-0.1, -0.05) is 13.1 Å². The summed E-state index contributed by atoms with van der Waals surface area (Å²) >= 11 is 4.04. The van der Waals surface area contributed by atoms with Gasteiger partial charge in [-0.3, -0.25) is 0 Å². The van der Waals surface area contributed by atoms with E-state index >= 15 is 0 Å². The first kappa shape index (κ1) is 13.3. The topological polar surface area (TPSA) is 0 Å². The molecule has 2 aromatic rings. The zero-order chi connectivity index (χ0) is 11.4. The van der Waals surface area contributed by atoms with Crippen molar-refractivity contribution in [2.24, 2.45) is 0 Å². The summed E-state index contributed by atoms with van der Waals surface area (Å²) in [6.45, 7) is 9.43. The third-order valence-electron chi connectivity index (χ3n) is 3.29. The van der Waals surface area contributed by atoms with Crippen LogP contribution in [0.15, 0.2) is 12.1 Å². The molecule has 0 N–H and O–H groups in total. The number of aryl methyl sites for hydroxylation is 2. The van der Waals surface area contributed by atoms with Gasteiger partial charge in [0.05, 0.1) is 0 Å². The average molecular weight is 301 g/mol. The van der Waals surface area contributed by atoms with Gasteiger partial charge in [0.15, 0.2) is 0 Å². The molecule has 3 rings (SSSR count). The summed E-state index contributed by atoms with van der Waals surface area (Å²) < 4.78 is 0. The molecule has 0 aromatic carbocycles. The van der Waals surface area contributed by atoms with Crippen molar-refractivity contribution < 1.29 is 0 Å². The van der Waals surface area contributed by atoms with E-state index in [2.05, 4.69) is 39.1 Å². The Morgan fingerprint density at radius 3 is 1.71 bits per heavy atom. The fourth-order valence-corrected chi connectivity index (χ4v) is 8.45. The molecule has 2 aromatic heterocycles. The molecule has 0 bridgehead atoms. The molecular formula is C13H17ClS2Si. The molecule has 0 nitrogen and oxygen atoms in total. The Balaban J connectivity index is 0.00000108. The van der Waals surface area contributed by atoms with Crippen LogP contribution in [0, 0.1) is 13.8 Å². The summed E-state index contributed by atoms with van der Waals surface area (Å²) in [5.74, 6) is 0. The maximum absolute atomic E-state index is 2.48. The summed E-state index contributed by atoms with van der Waals surface area (Å²) in [7, 11) is -0.650. The molecule has 0 saturated carbocycles. The van der Waals surface area contributed by atoms with Crippen LogP contribution >= 0.6 is 35.1 Å². The van der Waals surface area contributed by atoms with E-state index in [9.17, 15) is 0 Å². The molecule has 0 aliphatic heterocycles. The molecular weight excluding hydrogens is 284 g/mol. The number of hydrogen-bond acceptors (Lipinski definition) is 2. The van der Waals surface area contributed by atoms with Gasteiger partial charge in [-0.05, 0) is 37.1 Å². The standard InChI is InChI=1S/C13H16S2Si.ClH/c1-7-5-9-10-6-8(2)15-12(10)13(16(3)4)11(9)14-7;/h5-6,13,16H,1-4H3;1H. The van der Waals surface area contributed by atoms with E-state index in [-0.39, 0.29) is 12.4 Å². The number of rotatable bonds is 1. The number of fused-ring (bicyclic) bond motifs is 3. The molecule has 0 unspecified atom stereocenters. The Morgan fingerprint density at radius 1 is 0.941 bits per heavy atom. The Morgan fingerprint density at radius 2 is 1.35 bits per heavy atom. The van der Waals surface area contributed by atoms with E-state index in [1.54, 1.807) is 20.9 Å². The van der Waals surface area contributed by atoms with Crippen molar-refractivity contribution >= 4 is 43.9 Å². The normalized spacial score (nSPS) is 13.7. The monoisotopic (exact) mass is 300 g/mol. The third-order valence-corrected chi connectivity index (χ3v) is 8.04. The highest BCUT2D eigenvalue weighted by atomic mass is 35.5. The molecule has 0 saturated heterocycles. The van der Waals surface area contributed by atoms with E-state index in [1.165, 1.54) is 9.75 Å². The van der Waals surface area contributed by atoms with Crippen LogP contribution in [0.5, 0.6) is 0 Å². The van der Waals surface area contributed by atoms with Gasteiger partial charge in [-0.2, -0.15) is 0 Å². The van der Waals surface area contributed by atoms with E-state index in [0.29, 0.717) is 0 Å². The lowest BCUT2D eigenvalue weighted by molar-refractivity contribution is 1.24. The smallest absolute Gasteiger partial charge is 0.0465 e. The van der Waals surface area contributed by atoms with Gasteiger partial charge in [0.1, 0.15) is 0 Å². The minimum absolute atomic E-state index is 0. The first-order valence-electron chi connectivity index (χ1n) is 5.79. The van der Waals surface area contributed by atoms with Gasteiger partial charge < -0.3 is 0 Å². The summed E-state index contributed by atoms with van der Waals surface area (Å²) in [4.78, 5) is 6.28. The first-order chi connectivity index (χ1) is 7.58. The lowest BCUT2D eigenvalue weighted by atomic mass is 10.2. The van der Waals surface area contributed by atoms with Crippen molar-refractivity contribution in [3.05, 3.63) is 31.6 Å². The summed E-state index contributed by atoms with van der Waals surface area (Å²) in [6, 6.07) is 4.78. The lowest BCUT2D eigenvalue weighted by Crippen LogP contribution is -2.12. The largest absolute Gasteiger partial charge is 0.147 e. The van der Waals surface area contributed by atoms with Crippen molar-refractivity contribution in [3.63, 3.8) is 0 Å². The zero-order valence-electron chi connectivity index (χ0n) is 10.5. The van der Waals surface area contributed by atoms with Crippen LogP contribution in [-0.2, 0) is 0 Å². The van der Waals surface area contributed by atoms with Crippen LogP contribution in [0.2, 0.25) is 13.1 Å². The molecule has 92 valence electrons. The van der Waals surface area contributed by atoms with Crippen molar-refractivity contribution in [2.45, 2.75) is 32.5 Å². The van der Waals surface area contributed by atoms with Gasteiger partial charge in [0.25, 0.3) is 0 Å². The number of hydrogen-bond donors (Lipinski definition) is 0. The number of thiophene rings is 2. The van der Waals surface area contributed by atoms with Crippen LogP contribution in [0.3, 0.4) is 0 Å². The SMILES string of the molecule is Cc1cc2c(s1)C([SiH](C)C)c1sc(C)cc1-2.Cl. The highest BCUT2D eigenvalue weighted by Gasteiger charge is 2.34. The Kier molecular flexibility index (Phi) is 3.56. The second-order valence-corrected chi connectivity index (χ2v) is 10.7. The molecule has 0 atom stereocenters. The molecule has 2 heterocycles. The van der Waals surface area contributed by atoms with Crippen molar-refractivity contribution in [2.75, 3.05) is 0 Å². The van der Waals surface area contributed by atoms with Crippen LogP contribution < -0.4 is 0 Å². The van der Waals surface area contributed by atoms with Crippen molar-refractivity contribution in [1.82, 2.24) is 0 Å². The first-order valence-corrected chi connectivity index (χ1v) is 10.4. The fourth-order valence-electron chi connectivity index (χ4n) is 2.67. The van der Waals surface area contributed by atoms with Crippen molar-refractivity contribution in [3.8, 4) is 11.1 Å².